The van der Waals surface area contributed by atoms with Crippen LogP contribution in [0.2, 0.25) is 0 Å². The van der Waals surface area contributed by atoms with E-state index in [1.165, 1.54) is 12.1 Å². The van der Waals surface area contributed by atoms with Crippen molar-refractivity contribution in [3.8, 4) is 0 Å². The number of rotatable bonds is 3. The Morgan fingerprint density at radius 3 is 2.45 bits per heavy atom. The summed E-state index contributed by atoms with van der Waals surface area (Å²) in [4.78, 5) is 12.3. The number of benzene rings is 1. The zero-order chi connectivity index (χ0) is 15.1. The molecule has 2 rings (SSSR count). The lowest BCUT2D eigenvalue weighted by molar-refractivity contribution is 0.0849. The number of hydrogen-bond donors (Lipinski definition) is 1. The minimum absolute atomic E-state index is 0.0828. The van der Waals surface area contributed by atoms with Crippen molar-refractivity contribution >= 4 is 41.6 Å². The molecule has 0 heterocycles. The Kier molecular flexibility index (Phi) is 4.19. The molecule has 110 valence electrons. The summed E-state index contributed by atoms with van der Waals surface area (Å²) in [6, 6.07) is 2.72. The van der Waals surface area contributed by atoms with Crippen molar-refractivity contribution < 1.29 is 13.2 Å². The summed E-state index contributed by atoms with van der Waals surface area (Å²) < 4.78 is 23.4. The van der Waals surface area contributed by atoms with Gasteiger partial charge in [-0.2, -0.15) is 0 Å². The average Bonchev–Trinajstić information content (AvgIpc) is 2.28. The van der Waals surface area contributed by atoms with E-state index < -0.39 is 9.05 Å². The van der Waals surface area contributed by atoms with Gasteiger partial charge < -0.3 is 5.32 Å². The highest BCUT2D eigenvalue weighted by Crippen LogP contribution is 2.32. The highest BCUT2D eigenvalue weighted by Gasteiger charge is 2.34. The fraction of sp³-hybridized carbons (Fsp3) is 0.462. The lowest BCUT2D eigenvalue weighted by atomic mass is 9.78. The summed E-state index contributed by atoms with van der Waals surface area (Å²) in [6.07, 6.45) is 2.97. The summed E-state index contributed by atoms with van der Waals surface area (Å²) in [5, 5.41) is 2.96. The SMILES string of the molecule is Cc1c(Br)cc(S(=O)(=O)Cl)cc1C(=O)NC1(C)CCC1. The van der Waals surface area contributed by atoms with Crippen molar-refractivity contribution in [2.45, 2.75) is 43.5 Å². The van der Waals surface area contributed by atoms with E-state index in [2.05, 4.69) is 21.2 Å². The van der Waals surface area contributed by atoms with Crippen LogP contribution in [0.25, 0.3) is 0 Å². The molecule has 0 aromatic heterocycles. The molecule has 7 heteroatoms. The van der Waals surface area contributed by atoms with Crippen LogP contribution in [0.1, 0.15) is 42.1 Å². The lowest BCUT2D eigenvalue weighted by Crippen LogP contribution is -2.51. The molecule has 1 aliphatic rings. The number of hydrogen-bond acceptors (Lipinski definition) is 3. The van der Waals surface area contributed by atoms with Crippen LogP contribution in [-0.2, 0) is 9.05 Å². The topological polar surface area (TPSA) is 63.2 Å². The number of amides is 1. The first-order valence-electron chi connectivity index (χ1n) is 6.20. The van der Waals surface area contributed by atoms with Gasteiger partial charge in [0.25, 0.3) is 15.0 Å². The van der Waals surface area contributed by atoms with E-state index in [9.17, 15) is 13.2 Å². The Morgan fingerprint density at radius 1 is 1.40 bits per heavy atom. The normalized spacial score (nSPS) is 17.4. The fourth-order valence-electron chi connectivity index (χ4n) is 2.20. The first kappa shape index (κ1) is 15.8. The molecule has 0 unspecified atom stereocenters. The molecule has 0 saturated heterocycles. The monoisotopic (exact) mass is 379 g/mol. The van der Waals surface area contributed by atoms with Gasteiger partial charge in [-0.05, 0) is 50.8 Å². The molecule has 1 amide bonds. The molecular weight excluding hydrogens is 366 g/mol. The highest BCUT2D eigenvalue weighted by atomic mass is 79.9. The van der Waals surface area contributed by atoms with Crippen LogP contribution in [0, 0.1) is 6.92 Å². The third-order valence-corrected chi connectivity index (χ3v) is 5.87. The maximum Gasteiger partial charge on any atom is 0.261 e. The molecule has 0 radical (unpaired) electrons. The maximum absolute atomic E-state index is 12.3. The van der Waals surface area contributed by atoms with Gasteiger partial charge in [0.15, 0.2) is 0 Å². The molecule has 4 nitrogen and oxygen atoms in total. The van der Waals surface area contributed by atoms with Crippen molar-refractivity contribution in [1.82, 2.24) is 5.32 Å². The first-order valence-corrected chi connectivity index (χ1v) is 9.30. The Bertz CT molecular complexity index is 668. The molecule has 20 heavy (non-hydrogen) atoms. The summed E-state index contributed by atoms with van der Waals surface area (Å²) in [6.45, 7) is 3.74. The van der Waals surface area contributed by atoms with Crippen molar-refractivity contribution in [2.75, 3.05) is 0 Å². The zero-order valence-electron chi connectivity index (χ0n) is 11.2. The van der Waals surface area contributed by atoms with Gasteiger partial charge >= 0.3 is 0 Å². The molecule has 0 atom stereocenters. The second-order valence-electron chi connectivity index (χ2n) is 5.38. The smallest absolute Gasteiger partial charge is 0.261 e. The Labute approximate surface area is 131 Å². The highest BCUT2D eigenvalue weighted by molar-refractivity contribution is 9.10. The van der Waals surface area contributed by atoms with Crippen LogP contribution < -0.4 is 5.32 Å². The molecule has 1 saturated carbocycles. The predicted octanol–water partition coefficient (Wildman–Crippen LogP) is 3.36. The van der Waals surface area contributed by atoms with E-state index >= 15 is 0 Å². The minimum atomic E-state index is -3.87. The van der Waals surface area contributed by atoms with Gasteiger partial charge in [0.2, 0.25) is 0 Å². The summed E-state index contributed by atoms with van der Waals surface area (Å²) >= 11 is 3.27. The van der Waals surface area contributed by atoms with Crippen molar-refractivity contribution in [3.05, 3.63) is 27.7 Å². The van der Waals surface area contributed by atoms with Crippen LogP contribution in [0.15, 0.2) is 21.5 Å². The molecule has 0 aliphatic heterocycles. The molecule has 1 N–H and O–H groups in total. The predicted molar refractivity (Wildman–Crippen MR) is 81.6 cm³/mol. The van der Waals surface area contributed by atoms with E-state index in [1.54, 1.807) is 6.92 Å². The molecule has 0 spiro atoms. The Morgan fingerprint density at radius 2 is 2.00 bits per heavy atom. The van der Waals surface area contributed by atoms with Crippen LogP contribution in [0.3, 0.4) is 0 Å². The quantitative estimate of drug-likeness (QED) is 0.818. The van der Waals surface area contributed by atoms with Gasteiger partial charge in [0.05, 0.1) is 4.90 Å². The first-order chi connectivity index (χ1) is 9.12. The van der Waals surface area contributed by atoms with E-state index in [1.807, 2.05) is 6.92 Å². The second kappa shape index (κ2) is 5.31. The summed E-state index contributed by atoms with van der Waals surface area (Å²) in [5.74, 6) is -0.271. The zero-order valence-corrected chi connectivity index (χ0v) is 14.3. The van der Waals surface area contributed by atoms with E-state index in [4.69, 9.17) is 10.7 Å². The fourth-order valence-corrected chi connectivity index (χ4v) is 3.60. The average molecular weight is 381 g/mol. The van der Waals surface area contributed by atoms with Gasteiger partial charge in [-0.15, -0.1) is 0 Å². The van der Waals surface area contributed by atoms with Gasteiger partial charge in [-0.3, -0.25) is 4.79 Å². The van der Waals surface area contributed by atoms with Crippen LogP contribution in [0.4, 0.5) is 0 Å². The number of carbonyl (C=O) groups is 1. The second-order valence-corrected chi connectivity index (χ2v) is 8.80. The van der Waals surface area contributed by atoms with Crippen LogP contribution >= 0.6 is 26.6 Å². The van der Waals surface area contributed by atoms with Crippen molar-refractivity contribution in [3.63, 3.8) is 0 Å². The lowest BCUT2D eigenvalue weighted by Gasteiger charge is -2.39. The number of halogens is 2. The third kappa shape index (κ3) is 3.18. The third-order valence-electron chi connectivity index (χ3n) is 3.72. The molecule has 1 aliphatic carbocycles. The molecular formula is C13H15BrClNO3S. The largest absolute Gasteiger partial charge is 0.347 e. The van der Waals surface area contributed by atoms with E-state index in [0.717, 1.165) is 19.3 Å². The van der Waals surface area contributed by atoms with Crippen LogP contribution in [0.5, 0.6) is 0 Å². The number of nitrogens with one attached hydrogen (secondary N) is 1. The summed E-state index contributed by atoms with van der Waals surface area (Å²) in [7, 11) is 1.48. The summed E-state index contributed by atoms with van der Waals surface area (Å²) in [5.41, 5.74) is 0.826. The molecule has 1 aromatic rings. The van der Waals surface area contributed by atoms with Crippen molar-refractivity contribution in [1.29, 1.82) is 0 Å². The van der Waals surface area contributed by atoms with Crippen molar-refractivity contribution in [2.24, 2.45) is 0 Å². The minimum Gasteiger partial charge on any atom is -0.347 e. The van der Waals surface area contributed by atoms with Gasteiger partial charge in [0, 0.05) is 26.3 Å². The van der Waals surface area contributed by atoms with E-state index in [-0.39, 0.29) is 16.3 Å². The van der Waals surface area contributed by atoms with Gasteiger partial charge in [-0.25, -0.2) is 8.42 Å². The van der Waals surface area contributed by atoms with Gasteiger partial charge in [-0.1, -0.05) is 15.9 Å². The molecule has 1 fully saturated rings. The standard InChI is InChI=1S/C13H15BrClNO3S/c1-8-10(12(17)16-13(2)4-3-5-13)6-9(7-11(8)14)20(15,18)19/h6-7H,3-5H2,1-2H3,(H,16,17). The molecule has 0 bridgehead atoms. The van der Waals surface area contributed by atoms with Crippen LogP contribution in [-0.4, -0.2) is 19.9 Å². The Hall–Kier alpha value is -0.590. The van der Waals surface area contributed by atoms with Gasteiger partial charge in [0.1, 0.15) is 0 Å². The maximum atomic E-state index is 12.3. The van der Waals surface area contributed by atoms with E-state index in [0.29, 0.717) is 15.6 Å². The molecule has 1 aromatic carbocycles. The number of carbonyl (C=O) groups excluding carboxylic acids is 1. The Balaban J connectivity index is 2.40.